The molecule has 0 unspecified atom stereocenters. The molecule has 2 amide bonds. The van der Waals surface area contributed by atoms with E-state index in [4.69, 9.17) is 5.73 Å². The number of nitrogens with one attached hydrogen (secondary N) is 2. The van der Waals surface area contributed by atoms with Crippen molar-refractivity contribution in [3.63, 3.8) is 0 Å². The first-order valence-corrected chi connectivity index (χ1v) is 5.42. The van der Waals surface area contributed by atoms with E-state index >= 15 is 0 Å². The number of benzene rings is 1. The summed E-state index contributed by atoms with van der Waals surface area (Å²) >= 11 is 0. The molecule has 1 aromatic carbocycles. The van der Waals surface area contributed by atoms with E-state index in [1.54, 1.807) is 38.1 Å². The summed E-state index contributed by atoms with van der Waals surface area (Å²) in [5.41, 5.74) is 6.81. The standard InChI is InChI=1S/C12H17N3O2/c1-8(2)12(17)14-7-11(16)15-10-5-3-9(13)4-6-10/h3-6,8H,7,13H2,1-2H3,(H,14,17)(H,15,16). The fourth-order valence-corrected chi connectivity index (χ4v) is 1.14. The molecule has 1 aromatic rings. The largest absolute Gasteiger partial charge is 0.399 e. The first-order valence-electron chi connectivity index (χ1n) is 5.42. The van der Waals surface area contributed by atoms with Gasteiger partial charge in [0.15, 0.2) is 0 Å². The topological polar surface area (TPSA) is 84.2 Å². The SMILES string of the molecule is CC(C)C(=O)NCC(=O)Nc1ccc(N)cc1. The maximum absolute atomic E-state index is 11.5. The summed E-state index contributed by atoms with van der Waals surface area (Å²) in [6.45, 7) is 3.52. The number of hydrogen-bond donors (Lipinski definition) is 3. The molecule has 5 heteroatoms. The van der Waals surface area contributed by atoms with Crippen molar-refractivity contribution in [2.24, 2.45) is 5.92 Å². The van der Waals surface area contributed by atoms with Gasteiger partial charge in [-0.25, -0.2) is 0 Å². The van der Waals surface area contributed by atoms with Crippen LogP contribution in [0.25, 0.3) is 0 Å². The van der Waals surface area contributed by atoms with Gasteiger partial charge in [-0.2, -0.15) is 0 Å². The summed E-state index contributed by atoms with van der Waals surface area (Å²) in [4.78, 5) is 22.7. The van der Waals surface area contributed by atoms with Crippen LogP contribution in [0.3, 0.4) is 0 Å². The predicted molar refractivity (Wildman–Crippen MR) is 67.3 cm³/mol. The van der Waals surface area contributed by atoms with Crippen molar-refractivity contribution in [3.05, 3.63) is 24.3 Å². The zero-order chi connectivity index (χ0) is 12.8. The number of nitrogens with two attached hydrogens (primary N) is 1. The van der Waals surface area contributed by atoms with Crippen LogP contribution in [0, 0.1) is 5.92 Å². The highest BCUT2D eigenvalue weighted by Crippen LogP contribution is 2.09. The normalized spacial score (nSPS) is 10.1. The van der Waals surface area contributed by atoms with E-state index in [-0.39, 0.29) is 24.3 Å². The van der Waals surface area contributed by atoms with Gasteiger partial charge in [-0.1, -0.05) is 13.8 Å². The zero-order valence-corrected chi connectivity index (χ0v) is 9.99. The quantitative estimate of drug-likeness (QED) is 0.680. The van der Waals surface area contributed by atoms with E-state index in [9.17, 15) is 9.59 Å². The van der Waals surface area contributed by atoms with E-state index in [0.717, 1.165) is 0 Å². The second-order valence-corrected chi connectivity index (χ2v) is 4.04. The number of anilines is 2. The molecular formula is C12H17N3O2. The fraction of sp³-hybridized carbons (Fsp3) is 0.333. The summed E-state index contributed by atoms with van der Waals surface area (Å²) in [5.74, 6) is -0.527. The molecule has 0 spiro atoms. The Morgan fingerprint density at radius 1 is 1.24 bits per heavy atom. The second-order valence-electron chi connectivity index (χ2n) is 4.04. The maximum Gasteiger partial charge on any atom is 0.243 e. The summed E-state index contributed by atoms with van der Waals surface area (Å²) in [6, 6.07) is 6.81. The van der Waals surface area contributed by atoms with Crippen LogP contribution in [0.15, 0.2) is 24.3 Å². The van der Waals surface area contributed by atoms with Crippen LogP contribution < -0.4 is 16.4 Å². The first-order chi connectivity index (χ1) is 7.99. The summed E-state index contributed by atoms with van der Waals surface area (Å²) in [6.07, 6.45) is 0. The smallest absolute Gasteiger partial charge is 0.243 e. The van der Waals surface area contributed by atoms with Gasteiger partial charge in [-0.05, 0) is 24.3 Å². The van der Waals surface area contributed by atoms with Gasteiger partial charge >= 0.3 is 0 Å². The first kappa shape index (κ1) is 13.0. The number of carbonyl (C=O) groups excluding carboxylic acids is 2. The number of hydrogen-bond acceptors (Lipinski definition) is 3. The Morgan fingerprint density at radius 3 is 2.35 bits per heavy atom. The molecule has 17 heavy (non-hydrogen) atoms. The maximum atomic E-state index is 11.5. The van der Waals surface area contributed by atoms with Crippen LogP contribution in [-0.2, 0) is 9.59 Å². The highest BCUT2D eigenvalue weighted by atomic mass is 16.2. The minimum atomic E-state index is -0.260. The number of rotatable bonds is 4. The van der Waals surface area contributed by atoms with Crippen molar-refractivity contribution in [3.8, 4) is 0 Å². The molecule has 0 heterocycles. The Labute approximate surface area is 100 Å². The monoisotopic (exact) mass is 235 g/mol. The third kappa shape index (κ3) is 4.55. The third-order valence-corrected chi connectivity index (χ3v) is 2.14. The molecule has 0 aliphatic heterocycles. The lowest BCUT2D eigenvalue weighted by Gasteiger charge is -2.08. The summed E-state index contributed by atoms with van der Waals surface area (Å²) < 4.78 is 0. The number of nitrogen functional groups attached to an aromatic ring is 1. The molecule has 0 fully saturated rings. The molecule has 0 aliphatic rings. The molecule has 0 saturated heterocycles. The molecule has 0 radical (unpaired) electrons. The average Bonchev–Trinajstić information content (AvgIpc) is 2.29. The van der Waals surface area contributed by atoms with Crippen molar-refractivity contribution in [2.45, 2.75) is 13.8 Å². The van der Waals surface area contributed by atoms with Crippen molar-refractivity contribution in [1.82, 2.24) is 5.32 Å². The Hall–Kier alpha value is -2.04. The van der Waals surface area contributed by atoms with Gasteiger partial charge < -0.3 is 16.4 Å². The van der Waals surface area contributed by atoms with Crippen LogP contribution >= 0.6 is 0 Å². The summed E-state index contributed by atoms with van der Waals surface area (Å²) in [7, 11) is 0. The van der Waals surface area contributed by atoms with E-state index in [1.807, 2.05) is 0 Å². The second kappa shape index (κ2) is 5.89. The number of amides is 2. The van der Waals surface area contributed by atoms with Crippen molar-refractivity contribution < 1.29 is 9.59 Å². The fourth-order valence-electron chi connectivity index (χ4n) is 1.14. The molecule has 0 aliphatic carbocycles. The highest BCUT2D eigenvalue weighted by molar-refractivity contribution is 5.94. The number of carbonyl (C=O) groups is 2. The lowest BCUT2D eigenvalue weighted by atomic mass is 10.2. The van der Waals surface area contributed by atoms with E-state index in [2.05, 4.69) is 10.6 Å². The van der Waals surface area contributed by atoms with E-state index < -0.39 is 0 Å². The zero-order valence-electron chi connectivity index (χ0n) is 9.99. The highest BCUT2D eigenvalue weighted by Gasteiger charge is 2.08. The molecule has 0 atom stereocenters. The van der Waals surface area contributed by atoms with Gasteiger partial charge in [0.05, 0.1) is 6.54 Å². The van der Waals surface area contributed by atoms with Crippen LogP contribution in [0.2, 0.25) is 0 Å². The van der Waals surface area contributed by atoms with Gasteiger partial charge in [-0.15, -0.1) is 0 Å². The van der Waals surface area contributed by atoms with E-state index in [1.165, 1.54) is 0 Å². The van der Waals surface area contributed by atoms with Crippen molar-refractivity contribution in [2.75, 3.05) is 17.6 Å². The van der Waals surface area contributed by atoms with Gasteiger partial charge in [0.2, 0.25) is 11.8 Å². The Kier molecular flexibility index (Phi) is 4.51. The summed E-state index contributed by atoms with van der Waals surface area (Å²) in [5, 5.41) is 5.19. The van der Waals surface area contributed by atoms with Crippen LogP contribution in [-0.4, -0.2) is 18.4 Å². The van der Waals surface area contributed by atoms with Crippen LogP contribution in [0.1, 0.15) is 13.8 Å². The average molecular weight is 235 g/mol. The van der Waals surface area contributed by atoms with Gasteiger partial charge in [-0.3, -0.25) is 9.59 Å². The molecule has 4 N–H and O–H groups in total. The van der Waals surface area contributed by atoms with Gasteiger partial charge in [0, 0.05) is 17.3 Å². The third-order valence-electron chi connectivity index (χ3n) is 2.14. The van der Waals surface area contributed by atoms with Crippen LogP contribution in [0.4, 0.5) is 11.4 Å². The molecule has 1 rings (SSSR count). The molecule has 0 saturated carbocycles. The van der Waals surface area contributed by atoms with E-state index in [0.29, 0.717) is 11.4 Å². The van der Waals surface area contributed by atoms with Gasteiger partial charge in [0.25, 0.3) is 0 Å². The van der Waals surface area contributed by atoms with Crippen LogP contribution in [0.5, 0.6) is 0 Å². The molecule has 5 nitrogen and oxygen atoms in total. The molecule has 0 bridgehead atoms. The Morgan fingerprint density at radius 2 is 1.82 bits per heavy atom. The molecule has 92 valence electrons. The Bertz CT molecular complexity index is 399. The minimum absolute atomic E-state index is 0.0264. The lowest BCUT2D eigenvalue weighted by molar-refractivity contribution is -0.126. The minimum Gasteiger partial charge on any atom is -0.399 e. The molecule has 0 aromatic heterocycles. The predicted octanol–water partition coefficient (Wildman–Crippen LogP) is 0.979. The Balaban J connectivity index is 2.40. The lowest BCUT2D eigenvalue weighted by Crippen LogP contribution is -2.35. The van der Waals surface area contributed by atoms with Crippen molar-refractivity contribution >= 4 is 23.2 Å². The van der Waals surface area contributed by atoms with Gasteiger partial charge in [0.1, 0.15) is 0 Å². The molecular weight excluding hydrogens is 218 g/mol. The van der Waals surface area contributed by atoms with Crippen molar-refractivity contribution in [1.29, 1.82) is 0 Å².